The van der Waals surface area contributed by atoms with Crippen LogP contribution in [0.1, 0.15) is 56.1 Å². The van der Waals surface area contributed by atoms with Crippen molar-refractivity contribution >= 4 is 11.8 Å². The van der Waals surface area contributed by atoms with E-state index in [2.05, 4.69) is 25.9 Å². The van der Waals surface area contributed by atoms with Crippen molar-refractivity contribution in [3.05, 3.63) is 23.9 Å². The van der Waals surface area contributed by atoms with Gasteiger partial charge in [0.15, 0.2) is 5.82 Å². The van der Waals surface area contributed by atoms with Gasteiger partial charge in [0.1, 0.15) is 12.1 Å². The van der Waals surface area contributed by atoms with Gasteiger partial charge in [0.2, 0.25) is 0 Å². The van der Waals surface area contributed by atoms with Crippen molar-refractivity contribution in [3.63, 3.8) is 0 Å². The lowest BCUT2D eigenvalue weighted by molar-refractivity contribution is 0.185. The summed E-state index contributed by atoms with van der Waals surface area (Å²) in [6, 6.07) is -0.187. The molecule has 3 rings (SSSR count). The Balaban J connectivity index is 1.64. The summed E-state index contributed by atoms with van der Waals surface area (Å²) in [6.07, 6.45) is 8.09. The highest BCUT2D eigenvalue weighted by atomic mass is 16.5. The summed E-state index contributed by atoms with van der Waals surface area (Å²) in [4.78, 5) is 12.5. The number of nitrogens with one attached hydrogen (secondary N) is 2. The second kappa shape index (κ2) is 8.31. The van der Waals surface area contributed by atoms with Gasteiger partial charge in [-0.1, -0.05) is 12.8 Å². The number of aromatic nitrogens is 5. The highest BCUT2D eigenvalue weighted by molar-refractivity contribution is 5.89. The minimum atomic E-state index is -0.280. The van der Waals surface area contributed by atoms with Gasteiger partial charge < -0.3 is 14.6 Å². The number of hydrogen-bond donors (Lipinski definition) is 2. The van der Waals surface area contributed by atoms with Crippen molar-refractivity contribution in [2.24, 2.45) is 0 Å². The summed E-state index contributed by atoms with van der Waals surface area (Å²) in [5, 5.41) is 18.4. The lowest BCUT2D eigenvalue weighted by Gasteiger charge is -2.18. The maximum Gasteiger partial charge on any atom is 0.320 e. The number of amides is 2. The van der Waals surface area contributed by atoms with Gasteiger partial charge >= 0.3 is 6.03 Å². The maximum atomic E-state index is 12.5. The van der Waals surface area contributed by atoms with Crippen LogP contribution in [-0.2, 0) is 11.3 Å². The molecule has 0 bridgehead atoms. The van der Waals surface area contributed by atoms with Gasteiger partial charge in [-0.2, -0.15) is 5.10 Å². The molecule has 9 heteroatoms. The molecule has 1 aliphatic carbocycles. The molecule has 0 unspecified atom stereocenters. The van der Waals surface area contributed by atoms with E-state index in [1.165, 1.54) is 12.8 Å². The van der Waals surface area contributed by atoms with Crippen LogP contribution in [0.5, 0.6) is 0 Å². The molecule has 2 N–H and O–H groups in total. The Hall–Kier alpha value is -2.42. The molecule has 1 fully saturated rings. The van der Waals surface area contributed by atoms with Crippen LogP contribution in [0.15, 0.2) is 12.5 Å². The van der Waals surface area contributed by atoms with Crippen LogP contribution in [0.25, 0.3) is 0 Å². The summed E-state index contributed by atoms with van der Waals surface area (Å²) in [7, 11) is 1.65. The van der Waals surface area contributed by atoms with Crippen molar-refractivity contribution in [1.82, 2.24) is 29.9 Å². The molecule has 9 nitrogen and oxygen atoms in total. The Morgan fingerprint density at radius 3 is 2.92 bits per heavy atom. The number of nitrogens with zero attached hydrogens (tertiary/aromatic N) is 5. The standard InChI is InChI=1S/C17H27N7O2/c1-12-10-19-24(14-6-4-5-7-14)15(12)21-17(25)20-13(2)16-22-18-11-23(16)8-9-26-3/h10-11,13-14H,4-9H2,1-3H3,(H2,20,21,25)/t13-/m0/s1. The Morgan fingerprint density at radius 1 is 1.42 bits per heavy atom. The molecular weight excluding hydrogens is 334 g/mol. The number of carbonyl (C=O) groups is 1. The van der Waals surface area contributed by atoms with Gasteiger partial charge in [-0.05, 0) is 26.7 Å². The van der Waals surface area contributed by atoms with Crippen molar-refractivity contribution in [3.8, 4) is 0 Å². The lowest BCUT2D eigenvalue weighted by atomic mass is 10.2. The van der Waals surface area contributed by atoms with E-state index in [4.69, 9.17) is 4.74 Å². The zero-order valence-electron chi connectivity index (χ0n) is 15.6. The highest BCUT2D eigenvalue weighted by Crippen LogP contribution is 2.32. The monoisotopic (exact) mass is 361 g/mol. The van der Waals surface area contributed by atoms with E-state index >= 15 is 0 Å². The summed E-state index contributed by atoms with van der Waals surface area (Å²) < 4.78 is 8.92. The van der Waals surface area contributed by atoms with E-state index in [1.54, 1.807) is 19.6 Å². The molecular formula is C17H27N7O2. The molecule has 142 valence electrons. The molecule has 0 saturated heterocycles. The Morgan fingerprint density at radius 2 is 2.19 bits per heavy atom. The number of ether oxygens (including phenoxy) is 1. The van der Waals surface area contributed by atoms with Crippen molar-refractivity contribution in [2.45, 2.75) is 58.2 Å². The molecule has 1 saturated carbocycles. The first kappa shape index (κ1) is 18.4. The average molecular weight is 361 g/mol. The topological polar surface area (TPSA) is 98.9 Å². The fraction of sp³-hybridized carbons (Fsp3) is 0.647. The van der Waals surface area contributed by atoms with Crippen LogP contribution in [0.2, 0.25) is 0 Å². The molecule has 1 atom stereocenters. The molecule has 0 aromatic carbocycles. The SMILES string of the molecule is COCCn1cnnc1[C@H](C)NC(=O)Nc1c(C)cnn1C1CCCC1. The van der Waals surface area contributed by atoms with E-state index < -0.39 is 0 Å². The zero-order chi connectivity index (χ0) is 18.5. The Labute approximate surface area is 153 Å². The van der Waals surface area contributed by atoms with E-state index in [9.17, 15) is 4.79 Å². The number of carbonyl (C=O) groups excluding carboxylic acids is 1. The predicted molar refractivity (Wildman–Crippen MR) is 96.9 cm³/mol. The van der Waals surface area contributed by atoms with Crippen LogP contribution in [0.4, 0.5) is 10.6 Å². The maximum absolute atomic E-state index is 12.5. The van der Waals surface area contributed by atoms with Gasteiger partial charge in [0.05, 0.1) is 24.9 Å². The number of rotatable bonds is 7. The second-order valence-electron chi connectivity index (χ2n) is 6.75. The van der Waals surface area contributed by atoms with Gasteiger partial charge in [0.25, 0.3) is 0 Å². The molecule has 2 amide bonds. The average Bonchev–Trinajstić information content (AvgIpc) is 3.35. The van der Waals surface area contributed by atoms with Crippen molar-refractivity contribution in [1.29, 1.82) is 0 Å². The molecule has 2 aromatic rings. The van der Waals surface area contributed by atoms with Crippen LogP contribution in [0.3, 0.4) is 0 Å². The summed E-state index contributed by atoms with van der Waals surface area (Å²) in [5.74, 6) is 1.46. The minimum absolute atomic E-state index is 0.276. The van der Waals surface area contributed by atoms with Crippen LogP contribution in [0, 0.1) is 6.92 Å². The Bertz CT molecular complexity index is 733. The fourth-order valence-electron chi connectivity index (χ4n) is 3.40. The fourth-order valence-corrected chi connectivity index (χ4v) is 3.40. The number of methoxy groups -OCH3 is 1. The second-order valence-corrected chi connectivity index (χ2v) is 6.75. The molecule has 0 spiro atoms. The van der Waals surface area contributed by atoms with Crippen molar-refractivity contribution < 1.29 is 9.53 Å². The summed E-state index contributed by atoms with van der Waals surface area (Å²) in [6.45, 7) is 5.04. The first-order valence-electron chi connectivity index (χ1n) is 9.08. The molecule has 0 radical (unpaired) electrons. The van der Waals surface area contributed by atoms with Gasteiger partial charge in [-0.15, -0.1) is 10.2 Å². The smallest absolute Gasteiger partial charge is 0.320 e. The van der Waals surface area contributed by atoms with Gasteiger partial charge in [0, 0.05) is 19.2 Å². The molecule has 0 aliphatic heterocycles. The molecule has 2 heterocycles. The zero-order valence-corrected chi connectivity index (χ0v) is 15.6. The Kier molecular flexibility index (Phi) is 5.87. The van der Waals surface area contributed by atoms with E-state index in [1.807, 2.05) is 23.1 Å². The van der Waals surface area contributed by atoms with Gasteiger partial charge in [-0.3, -0.25) is 5.32 Å². The minimum Gasteiger partial charge on any atom is -0.383 e. The van der Waals surface area contributed by atoms with Crippen LogP contribution in [-0.4, -0.2) is 44.3 Å². The highest BCUT2D eigenvalue weighted by Gasteiger charge is 2.23. The van der Waals surface area contributed by atoms with E-state index in [-0.39, 0.29) is 12.1 Å². The quantitative estimate of drug-likeness (QED) is 0.789. The number of anilines is 1. The van der Waals surface area contributed by atoms with Gasteiger partial charge in [-0.25, -0.2) is 9.48 Å². The summed E-state index contributed by atoms with van der Waals surface area (Å²) in [5.41, 5.74) is 0.961. The first-order valence-corrected chi connectivity index (χ1v) is 9.08. The van der Waals surface area contributed by atoms with E-state index in [0.29, 0.717) is 25.0 Å². The third-order valence-corrected chi connectivity index (χ3v) is 4.80. The number of hydrogen-bond acceptors (Lipinski definition) is 5. The van der Waals surface area contributed by atoms with E-state index in [0.717, 1.165) is 24.2 Å². The molecule has 1 aliphatic rings. The lowest BCUT2D eigenvalue weighted by Crippen LogP contribution is -2.34. The molecule has 26 heavy (non-hydrogen) atoms. The predicted octanol–water partition coefficient (Wildman–Crippen LogP) is 2.43. The normalized spacial score (nSPS) is 16.0. The largest absolute Gasteiger partial charge is 0.383 e. The molecule has 2 aromatic heterocycles. The van der Waals surface area contributed by atoms with Crippen LogP contribution >= 0.6 is 0 Å². The third-order valence-electron chi connectivity index (χ3n) is 4.80. The summed E-state index contributed by atoms with van der Waals surface area (Å²) >= 11 is 0. The number of aryl methyl sites for hydroxylation is 1. The first-order chi connectivity index (χ1) is 12.6. The van der Waals surface area contributed by atoms with Crippen LogP contribution < -0.4 is 10.6 Å². The number of urea groups is 1. The van der Waals surface area contributed by atoms with Crippen molar-refractivity contribution in [2.75, 3.05) is 19.0 Å². The third kappa shape index (κ3) is 4.04.